The fourth-order valence-corrected chi connectivity index (χ4v) is 5.02. The van der Waals surface area contributed by atoms with Gasteiger partial charge in [-0.05, 0) is 30.4 Å². The molecule has 2 aromatic carbocycles. The molecule has 4 nitrogen and oxygen atoms in total. The second-order valence-corrected chi connectivity index (χ2v) is 9.05. The molecule has 0 saturated carbocycles. The first-order valence-corrected chi connectivity index (χ1v) is 11.8. The van der Waals surface area contributed by atoms with Gasteiger partial charge in [0.15, 0.2) is 5.13 Å². The minimum absolute atomic E-state index is 0.0654. The molecule has 3 rings (SSSR count). The second kappa shape index (κ2) is 10.1. The Morgan fingerprint density at radius 3 is 2.66 bits per heavy atom. The molecule has 1 aromatic heterocycles. The average Bonchev–Trinajstić information content (AvgIpc) is 3.12. The number of halogens is 1. The number of hydrogen-bond acceptors (Lipinski definition) is 5. The molecule has 1 heterocycles. The standard InChI is InChI=1S/C22H23ClN2O2S2/c1-15-8-9-17(12-18(15)23)21-19(14-28-2)29-22(24-21)25(11-10-20(26)27)13-16-6-4-3-5-7-16/h3-9,12H,10-11,13-14H2,1-2H3,(H,26,27). The fourth-order valence-electron chi connectivity index (χ4n) is 2.95. The van der Waals surface area contributed by atoms with Gasteiger partial charge in [-0.25, -0.2) is 4.98 Å². The Bertz CT molecular complexity index is 976. The zero-order chi connectivity index (χ0) is 20.8. The van der Waals surface area contributed by atoms with Crippen LogP contribution in [-0.4, -0.2) is 28.9 Å². The zero-order valence-corrected chi connectivity index (χ0v) is 18.8. The highest BCUT2D eigenvalue weighted by Crippen LogP contribution is 2.37. The predicted octanol–water partition coefficient (Wildman–Crippen LogP) is 6.12. The highest BCUT2D eigenvalue weighted by atomic mass is 35.5. The first-order chi connectivity index (χ1) is 14.0. The maximum absolute atomic E-state index is 11.2. The molecule has 29 heavy (non-hydrogen) atoms. The fraction of sp³-hybridized carbons (Fsp3) is 0.273. The van der Waals surface area contributed by atoms with Crippen LogP contribution in [0.15, 0.2) is 48.5 Å². The van der Waals surface area contributed by atoms with E-state index in [0.717, 1.165) is 38.3 Å². The smallest absolute Gasteiger partial charge is 0.305 e. The summed E-state index contributed by atoms with van der Waals surface area (Å²) >= 11 is 9.72. The number of carboxylic acid groups (broad SMARTS) is 1. The topological polar surface area (TPSA) is 53.4 Å². The molecule has 0 aliphatic carbocycles. The van der Waals surface area contributed by atoms with E-state index in [2.05, 4.69) is 11.2 Å². The Hall–Kier alpha value is -2.02. The Labute approximate surface area is 184 Å². The van der Waals surface area contributed by atoms with E-state index >= 15 is 0 Å². The average molecular weight is 447 g/mol. The van der Waals surface area contributed by atoms with Gasteiger partial charge in [-0.1, -0.05) is 54.1 Å². The Morgan fingerprint density at radius 2 is 2.00 bits per heavy atom. The minimum Gasteiger partial charge on any atom is -0.481 e. The van der Waals surface area contributed by atoms with Crippen LogP contribution in [0.2, 0.25) is 5.02 Å². The summed E-state index contributed by atoms with van der Waals surface area (Å²) in [5, 5.41) is 10.8. The molecule has 1 N–H and O–H groups in total. The van der Waals surface area contributed by atoms with Crippen molar-refractivity contribution >= 4 is 45.8 Å². The van der Waals surface area contributed by atoms with Crippen molar-refractivity contribution in [2.75, 3.05) is 17.7 Å². The molecule has 0 aliphatic rings. The van der Waals surface area contributed by atoms with Gasteiger partial charge in [0, 0.05) is 34.3 Å². The number of nitrogens with zero attached hydrogens (tertiary/aromatic N) is 2. The van der Waals surface area contributed by atoms with Crippen LogP contribution in [-0.2, 0) is 17.1 Å². The summed E-state index contributed by atoms with van der Waals surface area (Å²) in [4.78, 5) is 19.3. The van der Waals surface area contributed by atoms with Gasteiger partial charge in [-0.2, -0.15) is 11.8 Å². The Balaban J connectivity index is 1.98. The SMILES string of the molecule is CSCc1sc(N(CCC(=O)O)Cc2ccccc2)nc1-c1ccc(C)c(Cl)c1. The van der Waals surface area contributed by atoms with Gasteiger partial charge in [0.05, 0.1) is 12.1 Å². The van der Waals surface area contributed by atoms with Gasteiger partial charge in [-0.15, -0.1) is 11.3 Å². The van der Waals surface area contributed by atoms with Crippen molar-refractivity contribution in [2.24, 2.45) is 0 Å². The van der Waals surface area contributed by atoms with Gasteiger partial charge in [0.25, 0.3) is 0 Å². The zero-order valence-electron chi connectivity index (χ0n) is 16.4. The summed E-state index contributed by atoms with van der Waals surface area (Å²) in [7, 11) is 0. The molecular formula is C22H23ClN2O2S2. The number of hydrogen-bond donors (Lipinski definition) is 1. The lowest BCUT2D eigenvalue weighted by molar-refractivity contribution is -0.136. The van der Waals surface area contributed by atoms with E-state index in [-0.39, 0.29) is 6.42 Å². The van der Waals surface area contributed by atoms with Crippen LogP contribution in [0.1, 0.15) is 22.4 Å². The van der Waals surface area contributed by atoms with Crippen molar-refractivity contribution in [3.63, 3.8) is 0 Å². The molecule has 0 amide bonds. The van der Waals surface area contributed by atoms with Crippen LogP contribution in [0.5, 0.6) is 0 Å². The van der Waals surface area contributed by atoms with Crippen molar-refractivity contribution in [1.29, 1.82) is 0 Å². The highest BCUT2D eigenvalue weighted by Gasteiger charge is 2.19. The summed E-state index contributed by atoms with van der Waals surface area (Å²) in [5.74, 6) is 0.0332. The maximum atomic E-state index is 11.2. The van der Waals surface area contributed by atoms with Crippen LogP contribution < -0.4 is 4.90 Å². The van der Waals surface area contributed by atoms with Crippen molar-refractivity contribution < 1.29 is 9.90 Å². The first kappa shape index (κ1) is 21.7. The van der Waals surface area contributed by atoms with Crippen LogP contribution >= 0.6 is 34.7 Å². The number of carboxylic acids is 1. The summed E-state index contributed by atoms with van der Waals surface area (Å²) in [6.07, 6.45) is 2.13. The van der Waals surface area contributed by atoms with Crippen molar-refractivity contribution in [1.82, 2.24) is 4.98 Å². The molecule has 0 saturated heterocycles. The van der Waals surface area contributed by atoms with Gasteiger partial charge in [-0.3, -0.25) is 4.79 Å². The van der Waals surface area contributed by atoms with Crippen molar-refractivity contribution in [2.45, 2.75) is 25.6 Å². The Morgan fingerprint density at radius 1 is 1.24 bits per heavy atom. The third-order valence-electron chi connectivity index (χ3n) is 4.49. The summed E-state index contributed by atoms with van der Waals surface area (Å²) < 4.78 is 0. The van der Waals surface area contributed by atoms with E-state index < -0.39 is 5.97 Å². The quantitative estimate of drug-likeness (QED) is 0.429. The summed E-state index contributed by atoms with van der Waals surface area (Å²) in [5.41, 5.74) is 4.07. The number of carbonyl (C=O) groups is 1. The molecule has 0 fully saturated rings. The number of thiazole rings is 1. The number of aromatic nitrogens is 1. The van der Waals surface area contributed by atoms with E-state index in [1.54, 1.807) is 23.1 Å². The molecule has 0 radical (unpaired) electrons. The number of aliphatic carboxylic acids is 1. The normalized spacial score (nSPS) is 10.9. The maximum Gasteiger partial charge on any atom is 0.305 e. The highest BCUT2D eigenvalue weighted by molar-refractivity contribution is 7.97. The monoisotopic (exact) mass is 446 g/mol. The minimum atomic E-state index is -0.811. The molecule has 7 heteroatoms. The molecule has 0 atom stereocenters. The van der Waals surface area contributed by atoms with Gasteiger partial charge >= 0.3 is 5.97 Å². The van der Waals surface area contributed by atoms with E-state index in [9.17, 15) is 9.90 Å². The predicted molar refractivity (Wildman–Crippen MR) is 124 cm³/mol. The molecule has 0 bridgehead atoms. The van der Waals surface area contributed by atoms with E-state index in [1.807, 2.05) is 55.5 Å². The van der Waals surface area contributed by atoms with E-state index in [0.29, 0.717) is 13.1 Å². The number of rotatable bonds is 9. The summed E-state index contributed by atoms with van der Waals surface area (Å²) in [6.45, 7) is 3.01. The molecular weight excluding hydrogens is 424 g/mol. The number of aryl methyl sites for hydroxylation is 1. The lowest BCUT2D eigenvalue weighted by Crippen LogP contribution is -2.25. The van der Waals surface area contributed by atoms with Gasteiger partial charge < -0.3 is 10.0 Å². The Kier molecular flexibility index (Phi) is 7.58. The molecule has 152 valence electrons. The van der Waals surface area contributed by atoms with Crippen molar-refractivity contribution in [3.8, 4) is 11.3 Å². The third kappa shape index (κ3) is 5.75. The lowest BCUT2D eigenvalue weighted by Gasteiger charge is -2.21. The number of thioether (sulfide) groups is 1. The van der Waals surface area contributed by atoms with E-state index in [1.165, 1.54) is 4.88 Å². The van der Waals surface area contributed by atoms with E-state index in [4.69, 9.17) is 16.6 Å². The first-order valence-electron chi connectivity index (χ1n) is 9.23. The number of benzene rings is 2. The molecule has 0 aliphatic heterocycles. The van der Waals surface area contributed by atoms with Gasteiger partial charge in [0.1, 0.15) is 0 Å². The summed E-state index contributed by atoms with van der Waals surface area (Å²) in [6, 6.07) is 16.1. The molecule has 3 aromatic rings. The second-order valence-electron chi connectivity index (χ2n) is 6.72. The molecule has 0 spiro atoms. The largest absolute Gasteiger partial charge is 0.481 e. The van der Waals surface area contributed by atoms with Crippen LogP contribution in [0.4, 0.5) is 5.13 Å². The lowest BCUT2D eigenvalue weighted by atomic mass is 10.1. The van der Waals surface area contributed by atoms with Gasteiger partial charge in [0.2, 0.25) is 0 Å². The molecule has 0 unspecified atom stereocenters. The van der Waals surface area contributed by atoms with Crippen LogP contribution in [0, 0.1) is 6.92 Å². The number of anilines is 1. The third-order valence-corrected chi connectivity index (χ3v) is 6.77. The van der Waals surface area contributed by atoms with Crippen LogP contribution in [0.25, 0.3) is 11.3 Å². The van der Waals surface area contributed by atoms with Crippen LogP contribution in [0.3, 0.4) is 0 Å². The van der Waals surface area contributed by atoms with Crippen molar-refractivity contribution in [3.05, 3.63) is 69.6 Å².